The highest BCUT2D eigenvalue weighted by atomic mass is 16.3. The van der Waals surface area contributed by atoms with Crippen molar-refractivity contribution in [2.75, 3.05) is 7.05 Å². The van der Waals surface area contributed by atoms with Gasteiger partial charge in [-0.3, -0.25) is 4.79 Å². The van der Waals surface area contributed by atoms with E-state index in [1.54, 1.807) is 7.05 Å². The third-order valence-corrected chi connectivity index (χ3v) is 8.41. The van der Waals surface area contributed by atoms with Crippen LogP contribution in [0.3, 0.4) is 0 Å². The smallest absolute Gasteiger partial charge is 0.242 e. The van der Waals surface area contributed by atoms with E-state index in [2.05, 4.69) is 49.8 Å². The molecular formula is C27H23N5O2. The highest BCUT2D eigenvalue weighted by Crippen LogP contribution is 2.56. The summed E-state index contributed by atoms with van der Waals surface area (Å²) in [4.78, 5) is 16.3. The molecule has 0 radical (unpaired) electrons. The highest BCUT2D eigenvalue weighted by molar-refractivity contribution is 6.37. The van der Waals surface area contributed by atoms with Crippen molar-refractivity contribution in [3.8, 4) is 5.88 Å². The average Bonchev–Trinajstić information content (AvgIpc) is 3.55. The number of H-pyrrole nitrogens is 1. The number of nitrogens with two attached hydrogens (primary N) is 1. The monoisotopic (exact) mass is 449 g/mol. The molecule has 2 aliphatic rings. The van der Waals surface area contributed by atoms with Crippen molar-refractivity contribution in [2.24, 2.45) is 5.73 Å². The second kappa shape index (κ2) is 5.74. The Bertz CT molecular complexity index is 1870. The number of hydrogen-bond acceptors (Lipinski definition) is 3. The maximum atomic E-state index is 13.2. The molecular weight excluding hydrogens is 426 g/mol. The molecule has 7 heteroatoms. The van der Waals surface area contributed by atoms with Gasteiger partial charge in [-0.1, -0.05) is 36.4 Å². The number of aromatic hydroxyl groups is 1. The summed E-state index contributed by atoms with van der Waals surface area (Å²) in [5, 5.41) is 20.0. The SMILES string of the molecule is CNC(=O)[C@]1(N)CC2CC1n1c3ccccc3c3c4c[nH]c(O)c4c4c5ccccc5n2c4c31. The van der Waals surface area contributed by atoms with Crippen LogP contribution in [0.5, 0.6) is 5.88 Å². The van der Waals surface area contributed by atoms with Gasteiger partial charge in [-0.15, -0.1) is 0 Å². The number of hydrogen-bond donors (Lipinski definition) is 4. The third-order valence-electron chi connectivity index (χ3n) is 8.41. The molecule has 1 aliphatic heterocycles. The van der Waals surface area contributed by atoms with E-state index in [4.69, 9.17) is 5.73 Å². The molecule has 0 spiro atoms. The topological polar surface area (TPSA) is 101 Å². The number of aromatic nitrogens is 3. The Morgan fingerprint density at radius 1 is 1.00 bits per heavy atom. The zero-order valence-corrected chi connectivity index (χ0v) is 18.6. The number of para-hydroxylation sites is 2. The second-order valence-corrected chi connectivity index (χ2v) is 9.88. The summed E-state index contributed by atoms with van der Waals surface area (Å²) in [5.74, 6) is 0.0621. The molecule has 1 fully saturated rings. The van der Waals surface area contributed by atoms with E-state index in [1.165, 1.54) is 0 Å². The van der Waals surface area contributed by atoms with Gasteiger partial charge in [-0.25, -0.2) is 0 Å². The molecule has 168 valence electrons. The first-order valence-electron chi connectivity index (χ1n) is 11.7. The number of amides is 1. The van der Waals surface area contributed by atoms with Crippen molar-refractivity contribution < 1.29 is 9.90 Å². The summed E-state index contributed by atoms with van der Waals surface area (Å²) in [6.07, 6.45) is 3.22. The summed E-state index contributed by atoms with van der Waals surface area (Å²) in [7, 11) is 1.67. The number of likely N-dealkylation sites (N-methyl/N-ethyl adjacent to an activating group) is 1. The molecule has 6 aromatic rings. The quantitative estimate of drug-likeness (QED) is 0.299. The summed E-state index contributed by atoms with van der Waals surface area (Å²) in [5.41, 5.74) is 10.4. The summed E-state index contributed by atoms with van der Waals surface area (Å²) in [6.45, 7) is 0. The summed E-state index contributed by atoms with van der Waals surface area (Å²) in [6, 6.07) is 16.6. The first-order chi connectivity index (χ1) is 16.5. The first-order valence-corrected chi connectivity index (χ1v) is 11.7. The normalized spacial score (nSPS) is 23.7. The largest absolute Gasteiger partial charge is 0.494 e. The highest BCUT2D eigenvalue weighted by Gasteiger charge is 2.53. The lowest BCUT2D eigenvalue weighted by molar-refractivity contribution is -0.126. The fraction of sp³-hybridized carbons (Fsp3) is 0.222. The number of nitrogens with one attached hydrogen (secondary N) is 2. The second-order valence-electron chi connectivity index (χ2n) is 9.88. The number of fused-ring (bicyclic) bond motifs is 13. The molecule has 1 aliphatic carbocycles. The first kappa shape index (κ1) is 18.5. The summed E-state index contributed by atoms with van der Waals surface area (Å²) < 4.78 is 4.72. The molecule has 34 heavy (non-hydrogen) atoms. The molecule has 5 N–H and O–H groups in total. The standard InChI is InChI=1S/C27H23N5O2/c1-29-26(34)27(28)11-13-10-19(27)32-18-9-5-2-6-14(18)20-16-12-30-25(33)22(16)21-15-7-3-4-8-17(15)31(13)24(21)23(20)32/h2-9,12-13,19,30,33H,10-11,28H2,1H3,(H,29,34)/t13?,19?,27-/m0/s1. The van der Waals surface area contributed by atoms with Crippen LogP contribution in [0.1, 0.15) is 24.9 Å². The zero-order valence-electron chi connectivity index (χ0n) is 18.6. The molecule has 2 bridgehead atoms. The molecule has 2 unspecified atom stereocenters. The van der Waals surface area contributed by atoms with Crippen molar-refractivity contribution in [2.45, 2.75) is 30.5 Å². The van der Waals surface area contributed by atoms with Crippen LogP contribution in [0.25, 0.3) is 54.4 Å². The minimum Gasteiger partial charge on any atom is -0.494 e. The van der Waals surface area contributed by atoms with Gasteiger partial charge in [-0.05, 0) is 25.0 Å². The van der Waals surface area contributed by atoms with Crippen molar-refractivity contribution >= 4 is 60.3 Å². The van der Waals surface area contributed by atoms with Gasteiger partial charge < -0.3 is 30.3 Å². The van der Waals surface area contributed by atoms with Gasteiger partial charge in [0, 0.05) is 57.3 Å². The fourth-order valence-electron chi connectivity index (χ4n) is 7.17. The minimum absolute atomic E-state index is 0.0649. The van der Waals surface area contributed by atoms with Crippen LogP contribution in [0.4, 0.5) is 0 Å². The van der Waals surface area contributed by atoms with Gasteiger partial charge >= 0.3 is 0 Å². The lowest BCUT2D eigenvalue weighted by Crippen LogP contribution is -2.56. The van der Waals surface area contributed by atoms with Gasteiger partial charge in [0.15, 0.2) is 5.88 Å². The molecule has 7 nitrogen and oxygen atoms in total. The molecule has 3 aromatic heterocycles. The molecule has 3 aromatic carbocycles. The van der Waals surface area contributed by atoms with E-state index < -0.39 is 5.54 Å². The van der Waals surface area contributed by atoms with Crippen molar-refractivity contribution in [1.82, 2.24) is 19.4 Å². The number of rotatable bonds is 1. The Kier molecular flexibility index (Phi) is 3.12. The Hall–Kier alpha value is -3.97. The lowest BCUT2D eigenvalue weighted by Gasteiger charge is -2.32. The number of carbonyl (C=O) groups is 1. The van der Waals surface area contributed by atoms with Crippen LogP contribution in [-0.2, 0) is 4.79 Å². The predicted octanol–water partition coefficient (Wildman–Crippen LogP) is 4.42. The Morgan fingerprint density at radius 3 is 2.38 bits per heavy atom. The molecule has 8 rings (SSSR count). The minimum atomic E-state index is -1.03. The zero-order chi connectivity index (χ0) is 22.9. The van der Waals surface area contributed by atoms with Gasteiger partial charge in [0.05, 0.1) is 22.5 Å². The van der Waals surface area contributed by atoms with Crippen LogP contribution in [0.2, 0.25) is 0 Å². The number of aromatic amines is 1. The molecule has 1 saturated carbocycles. The van der Waals surface area contributed by atoms with Crippen LogP contribution < -0.4 is 11.1 Å². The number of benzene rings is 3. The van der Waals surface area contributed by atoms with Crippen LogP contribution >= 0.6 is 0 Å². The Labute approximate surface area is 193 Å². The van der Waals surface area contributed by atoms with E-state index in [9.17, 15) is 9.90 Å². The van der Waals surface area contributed by atoms with Crippen LogP contribution in [0, 0.1) is 0 Å². The maximum Gasteiger partial charge on any atom is 0.242 e. The van der Waals surface area contributed by atoms with Crippen molar-refractivity contribution in [3.05, 3.63) is 54.7 Å². The van der Waals surface area contributed by atoms with Crippen LogP contribution in [0.15, 0.2) is 54.7 Å². The van der Waals surface area contributed by atoms with Gasteiger partial charge in [0.1, 0.15) is 5.54 Å². The summed E-state index contributed by atoms with van der Waals surface area (Å²) >= 11 is 0. The molecule has 3 atom stereocenters. The molecule has 4 heterocycles. The van der Waals surface area contributed by atoms with Crippen LogP contribution in [-0.4, -0.2) is 37.7 Å². The van der Waals surface area contributed by atoms with Gasteiger partial charge in [-0.2, -0.15) is 0 Å². The lowest BCUT2D eigenvalue weighted by atomic mass is 9.92. The van der Waals surface area contributed by atoms with E-state index in [1.807, 2.05) is 24.4 Å². The van der Waals surface area contributed by atoms with E-state index in [0.717, 1.165) is 60.8 Å². The van der Waals surface area contributed by atoms with Gasteiger partial charge in [0.2, 0.25) is 5.91 Å². The average molecular weight is 450 g/mol. The number of nitrogens with zero attached hydrogens (tertiary/aromatic N) is 2. The molecule has 1 amide bonds. The van der Waals surface area contributed by atoms with E-state index >= 15 is 0 Å². The Morgan fingerprint density at radius 2 is 1.65 bits per heavy atom. The van der Waals surface area contributed by atoms with E-state index in [-0.39, 0.29) is 23.9 Å². The predicted molar refractivity (Wildman–Crippen MR) is 134 cm³/mol. The van der Waals surface area contributed by atoms with Crippen molar-refractivity contribution in [3.63, 3.8) is 0 Å². The number of carbonyl (C=O) groups excluding carboxylic acids is 1. The third kappa shape index (κ3) is 1.82. The van der Waals surface area contributed by atoms with Crippen molar-refractivity contribution in [1.29, 1.82) is 0 Å². The van der Waals surface area contributed by atoms with Gasteiger partial charge in [0.25, 0.3) is 0 Å². The Balaban J connectivity index is 1.74. The van der Waals surface area contributed by atoms with E-state index in [0.29, 0.717) is 6.42 Å². The maximum absolute atomic E-state index is 13.2. The fourth-order valence-corrected chi connectivity index (χ4v) is 7.17. The molecule has 0 saturated heterocycles.